The number of anilines is 1. The summed E-state index contributed by atoms with van der Waals surface area (Å²) in [5.74, 6) is 2.76. The first-order valence-corrected chi connectivity index (χ1v) is 10.3. The van der Waals surface area contributed by atoms with Crippen molar-refractivity contribution in [1.82, 2.24) is 10.2 Å². The number of H-pyrrole nitrogens is 1. The average molecular weight is 372 g/mol. The van der Waals surface area contributed by atoms with E-state index in [4.69, 9.17) is 10.5 Å². The highest BCUT2D eigenvalue weighted by Gasteiger charge is 2.36. The van der Waals surface area contributed by atoms with Crippen LogP contribution in [0.15, 0.2) is 29.2 Å². The number of hydrogen-bond donors (Lipinski definition) is 2. The van der Waals surface area contributed by atoms with E-state index >= 15 is 0 Å². The Morgan fingerprint density at radius 2 is 2.00 bits per heavy atom. The Balaban J connectivity index is 1.44. The molecule has 5 nitrogen and oxygen atoms in total. The highest BCUT2D eigenvalue weighted by Crippen LogP contribution is 2.50. The van der Waals surface area contributed by atoms with Crippen molar-refractivity contribution in [2.24, 2.45) is 11.8 Å². The lowest BCUT2D eigenvalue weighted by Crippen LogP contribution is -2.22. The number of rotatable bonds is 4. The smallest absolute Gasteiger partial charge is 0.305 e. The van der Waals surface area contributed by atoms with Gasteiger partial charge in [0.1, 0.15) is 5.69 Å². The number of benzene rings is 1. The topological polar surface area (TPSA) is 81.0 Å². The summed E-state index contributed by atoms with van der Waals surface area (Å²) in [6.07, 6.45) is 5.18. The number of nitrogens with two attached hydrogens (primary N) is 1. The number of nitrogens with one attached hydrogen (secondary N) is 1. The van der Waals surface area contributed by atoms with E-state index in [2.05, 4.69) is 10.2 Å². The third-order valence-corrected chi connectivity index (χ3v) is 7.08. The van der Waals surface area contributed by atoms with E-state index in [1.807, 2.05) is 36.0 Å². The van der Waals surface area contributed by atoms with Gasteiger partial charge in [-0.2, -0.15) is 5.10 Å². The molecule has 1 aromatic heterocycles. The van der Waals surface area contributed by atoms with Crippen molar-refractivity contribution in [3.8, 4) is 11.3 Å². The second kappa shape index (κ2) is 7.35. The first kappa shape index (κ1) is 17.5. The predicted molar refractivity (Wildman–Crippen MR) is 104 cm³/mol. The number of hydrogen-bond acceptors (Lipinski definition) is 5. The van der Waals surface area contributed by atoms with Gasteiger partial charge in [0.05, 0.1) is 17.7 Å². The summed E-state index contributed by atoms with van der Waals surface area (Å²) in [7, 11) is 1.47. The second-order valence-electron chi connectivity index (χ2n) is 7.42. The van der Waals surface area contributed by atoms with Crippen LogP contribution >= 0.6 is 11.8 Å². The molecular formula is C20H25N3O2S. The van der Waals surface area contributed by atoms with E-state index in [0.717, 1.165) is 35.5 Å². The van der Waals surface area contributed by atoms with Gasteiger partial charge in [-0.1, -0.05) is 12.1 Å². The Morgan fingerprint density at radius 3 is 2.69 bits per heavy atom. The maximum Gasteiger partial charge on any atom is 0.305 e. The van der Waals surface area contributed by atoms with Gasteiger partial charge >= 0.3 is 5.97 Å². The fourth-order valence-corrected chi connectivity index (χ4v) is 5.76. The van der Waals surface area contributed by atoms with Crippen LogP contribution in [-0.4, -0.2) is 29.0 Å². The fraction of sp³-hybridized carbons (Fsp3) is 0.500. The normalized spacial score (nSPS) is 25.0. The van der Waals surface area contributed by atoms with Gasteiger partial charge in [0.15, 0.2) is 0 Å². The number of aromatic amines is 1. The molecule has 1 unspecified atom stereocenters. The van der Waals surface area contributed by atoms with Crippen LogP contribution in [0.3, 0.4) is 0 Å². The molecule has 1 fully saturated rings. The first-order valence-electron chi connectivity index (χ1n) is 9.29. The standard InChI is InChI=1S/C20H25N3O2S/c1-25-17(24)10-12-2-4-13(5-3-12)16-11-26-20-18(22-23-19(16)20)14-6-8-15(21)9-7-14/h6-9,12-13,16H,2-5,10-11,21H2,1H3,(H,22,23). The van der Waals surface area contributed by atoms with Crippen LogP contribution in [0.2, 0.25) is 0 Å². The molecular weight excluding hydrogens is 346 g/mol. The van der Waals surface area contributed by atoms with E-state index in [1.165, 1.54) is 30.5 Å². The van der Waals surface area contributed by atoms with Crippen molar-refractivity contribution in [3.63, 3.8) is 0 Å². The number of fused-ring (bicyclic) bond motifs is 1. The van der Waals surface area contributed by atoms with Crippen molar-refractivity contribution in [1.29, 1.82) is 0 Å². The van der Waals surface area contributed by atoms with Crippen LogP contribution < -0.4 is 5.73 Å². The van der Waals surface area contributed by atoms with Gasteiger partial charge < -0.3 is 10.5 Å². The number of carbonyl (C=O) groups excluding carboxylic acids is 1. The molecule has 1 aromatic carbocycles. The zero-order valence-corrected chi connectivity index (χ0v) is 15.8. The van der Waals surface area contributed by atoms with Gasteiger partial charge in [-0.25, -0.2) is 0 Å². The Bertz CT molecular complexity index is 779. The number of thioether (sulfide) groups is 1. The molecule has 0 bridgehead atoms. The average Bonchev–Trinajstić information content (AvgIpc) is 3.25. The Labute approximate surface area is 158 Å². The minimum Gasteiger partial charge on any atom is -0.469 e. The minimum atomic E-state index is -0.0751. The SMILES string of the molecule is COC(=O)CC1CCC(C2CSc3c(-c4ccc(N)cc4)n[nH]c32)CC1. The molecule has 0 saturated heterocycles. The number of methoxy groups -OCH3 is 1. The van der Waals surface area contributed by atoms with Crippen LogP contribution in [-0.2, 0) is 9.53 Å². The Morgan fingerprint density at radius 1 is 1.27 bits per heavy atom. The molecule has 0 radical (unpaired) electrons. The summed E-state index contributed by atoms with van der Waals surface area (Å²) >= 11 is 1.92. The summed E-state index contributed by atoms with van der Waals surface area (Å²) in [5.41, 5.74) is 10.0. The quantitative estimate of drug-likeness (QED) is 0.621. The molecule has 0 amide bonds. The summed E-state index contributed by atoms with van der Waals surface area (Å²) in [4.78, 5) is 12.8. The van der Waals surface area contributed by atoms with Gasteiger partial charge in [0.25, 0.3) is 0 Å². The van der Waals surface area contributed by atoms with Gasteiger partial charge in [-0.05, 0) is 49.7 Å². The van der Waals surface area contributed by atoms with E-state index in [9.17, 15) is 4.79 Å². The van der Waals surface area contributed by atoms with Gasteiger partial charge in [-0.15, -0.1) is 11.8 Å². The van der Waals surface area contributed by atoms with E-state index in [0.29, 0.717) is 24.2 Å². The van der Waals surface area contributed by atoms with Gasteiger partial charge in [0.2, 0.25) is 0 Å². The Kier molecular flexibility index (Phi) is 4.94. The van der Waals surface area contributed by atoms with Gasteiger partial charge in [-0.3, -0.25) is 9.89 Å². The molecule has 2 aliphatic rings. The molecule has 2 aromatic rings. The van der Waals surface area contributed by atoms with Crippen LogP contribution in [0.4, 0.5) is 5.69 Å². The second-order valence-corrected chi connectivity index (χ2v) is 8.45. The molecule has 4 rings (SSSR count). The number of nitrogen functional groups attached to an aromatic ring is 1. The van der Waals surface area contributed by atoms with Crippen molar-refractivity contribution >= 4 is 23.4 Å². The molecule has 1 saturated carbocycles. The molecule has 6 heteroatoms. The first-order chi connectivity index (χ1) is 12.7. The van der Waals surface area contributed by atoms with Crippen LogP contribution in [0.1, 0.15) is 43.7 Å². The zero-order chi connectivity index (χ0) is 18.1. The van der Waals surface area contributed by atoms with E-state index in [-0.39, 0.29) is 5.97 Å². The number of esters is 1. The minimum absolute atomic E-state index is 0.0751. The molecule has 1 atom stereocenters. The summed E-state index contributed by atoms with van der Waals surface area (Å²) in [6, 6.07) is 7.93. The monoisotopic (exact) mass is 371 g/mol. The molecule has 1 aliphatic carbocycles. The number of nitrogens with zero attached hydrogens (tertiary/aromatic N) is 1. The molecule has 26 heavy (non-hydrogen) atoms. The maximum atomic E-state index is 11.5. The van der Waals surface area contributed by atoms with E-state index in [1.54, 1.807) is 0 Å². The lowest BCUT2D eigenvalue weighted by atomic mass is 9.74. The molecule has 3 N–H and O–H groups in total. The van der Waals surface area contributed by atoms with Crippen LogP contribution in [0, 0.1) is 11.8 Å². The zero-order valence-electron chi connectivity index (χ0n) is 15.0. The summed E-state index contributed by atoms with van der Waals surface area (Å²) in [5, 5.41) is 7.92. The molecule has 0 spiro atoms. The molecule has 138 valence electrons. The Hall–Kier alpha value is -1.95. The van der Waals surface area contributed by atoms with Crippen LogP contribution in [0.25, 0.3) is 11.3 Å². The highest BCUT2D eigenvalue weighted by atomic mass is 32.2. The van der Waals surface area contributed by atoms with Crippen molar-refractivity contribution in [3.05, 3.63) is 30.0 Å². The van der Waals surface area contributed by atoms with Crippen molar-refractivity contribution < 1.29 is 9.53 Å². The number of ether oxygens (including phenoxy) is 1. The lowest BCUT2D eigenvalue weighted by molar-refractivity contribution is -0.142. The van der Waals surface area contributed by atoms with Gasteiger partial charge in [0, 0.05) is 29.3 Å². The van der Waals surface area contributed by atoms with Crippen molar-refractivity contribution in [2.75, 3.05) is 18.6 Å². The summed E-state index contributed by atoms with van der Waals surface area (Å²) in [6.45, 7) is 0. The number of aromatic nitrogens is 2. The summed E-state index contributed by atoms with van der Waals surface area (Å²) < 4.78 is 4.81. The lowest BCUT2D eigenvalue weighted by Gasteiger charge is -2.31. The molecule has 1 aliphatic heterocycles. The largest absolute Gasteiger partial charge is 0.469 e. The third kappa shape index (κ3) is 3.34. The van der Waals surface area contributed by atoms with Crippen molar-refractivity contribution in [2.45, 2.75) is 42.9 Å². The van der Waals surface area contributed by atoms with Crippen LogP contribution in [0.5, 0.6) is 0 Å². The molecule has 2 heterocycles. The highest BCUT2D eigenvalue weighted by molar-refractivity contribution is 7.99. The predicted octanol–water partition coefficient (Wildman–Crippen LogP) is 4.22. The maximum absolute atomic E-state index is 11.5. The third-order valence-electron chi connectivity index (χ3n) is 5.85. The fourth-order valence-electron chi connectivity index (χ4n) is 4.32. The number of carbonyl (C=O) groups is 1. The van der Waals surface area contributed by atoms with E-state index < -0.39 is 0 Å².